The van der Waals surface area contributed by atoms with Gasteiger partial charge < -0.3 is 4.18 Å². The van der Waals surface area contributed by atoms with Gasteiger partial charge in [-0.05, 0) is 37.3 Å². The maximum absolute atomic E-state index is 12.4. The molecule has 112 valence electrons. The van der Waals surface area contributed by atoms with E-state index < -0.39 is 10.1 Å². The maximum atomic E-state index is 12.4. The number of hydrogen-bond donors (Lipinski definition) is 0. The molecule has 0 aliphatic carbocycles. The number of aromatic nitrogens is 1. The second kappa shape index (κ2) is 5.59. The molecule has 6 heteroatoms. The Bertz CT molecular complexity index is 955. The highest BCUT2D eigenvalue weighted by Gasteiger charge is 2.18. The lowest BCUT2D eigenvalue weighted by atomic mass is 10.2. The fourth-order valence-corrected chi connectivity index (χ4v) is 3.31. The Hall–Kier alpha value is -2.11. The molecule has 0 radical (unpaired) electrons. The molecule has 0 amide bonds. The molecule has 0 bridgehead atoms. The van der Waals surface area contributed by atoms with Gasteiger partial charge in [-0.2, -0.15) is 8.42 Å². The van der Waals surface area contributed by atoms with Crippen molar-refractivity contribution in [1.82, 2.24) is 4.98 Å². The summed E-state index contributed by atoms with van der Waals surface area (Å²) >= 11 is 5.84. The lowest BCUT2D eigenvalue weighted by molar-refractivity contribution is 0.488. The first-order chi connectivity index (χ1) is 10.5. The van der Waals surface area contributed by atoms with Crippen LogP contribution in [-0.2, 0) is 10.1 Å². The van der Waals surface area contributed by atoms with E-state index in [1.54, 1.807) is 24.3 Å². The van der Waals surface area contributed by atoms with Crippen molar-refractivity contribution >= 4 is 32.6 Å². The van der Waals surface area contributed by atoms with Crippen molar-refractivity contribution in [3.63, 3.8) is 0 Å². The zero-order chi connectivity index (χ0) is 15.7. The summed E-state index contributed by atoms with van der Waals surface area (Å²) in [6.45, 7) is 1.84. The number of hydrogen-bond acceptors (Lipinski definition) is 4. The summed E-state index contributed by atoms with van der Waals surface area (Å²) in [5.74, 6) is 0.196. The minimum atomic E-state index is -3.96. The average molecular weight is 334 g/mol. The minimum Gasteiger partial charge on any atom is -0.377 e. The van der Waals surface area contributed by atoms with E-state index in [0.717, 1.165) is 11.1 Å². The van der Waals surface area contributed by atoms with Gasteiger partial charge in [-0.25, -0.2) is 4.98 Å². The van der Waals surface area contributed by atoms with Gasteiger partial charge in [0.25, 0.3) is 0 Å². The van der Waals surface area contributed by atoms with Crippen LogP contribution in [-0.4, -0.2) is 13.4 Å². The summed E-state index contributed by atoms with van der Waals surface area (Å²) < 4.78 is 30.0. The zero-order valence-electron chi connectivity index (χ0n) is 11.7. The average Bonchev–Trinajstić information content (AvgIpc) is 2.48. The molecule has 2 aromatic carbocycles. The van der Waals surface area contributed by atoms with E-state index in [9.17, 15) is 8.42 Å². The smallest absolute Gasteiger partial charge is 0.339 e. The molecule has 0 atom stereocenters. The molecule has 0 saturated heterocycles. The molecule has 4 nitrogen and oxygen atoms in total. The van der Waals surface area contributed by atoms with Gasteiger partial charge in [0.05, 0.1) is 0 Å². The first-order valence-electron chi connectivity index (χ1n) is 6.52. The third kappa shape index (κ3) is 2.91. The Kier molecular flexibility index (Phi) is 3.76. The summed E-state index contributed by atoms with van der Waals surface area (Å²) in [4.78, 5) is 4.36. The van der Waals surface area contributed by atoms with Crippen LogP contribution in [0, 0.1) is 6.92 Å². The van der Waals surface area contributed by atoms with Gasteiger partial charge in [0.15, 0.2) is 5.75 Å². The highest BCUT2D eigenvalue weighted by Crippen LogP contribution is 2.27. The number of rotatable bonds is 3. The molecular weight excluding hydrogens is 322 g/mol. The second-order valence-electron chi connectivity index (χ2n) is 4.78. The summed E-state index contributed by atoms with van der Waals surface area (Å²) in [5.41, 5.74) is 1.29. The van der Waals surface area contributed by atoms with Crippen LogP contribution in [0.5, 0.6) is 5.75 Å². The van der Waals surface area contributed by atoms with Crippen molar-refractivity contribution in [2.45, 2.75) is 11.8 Å². The van der Waals surface area contributed by atoms with Crippen molar-refractivity contribution in [3.05, 3.63) is 65.3 Å². The monoisotopic (exact) mass is 333 g/mol. The minimum absolute atomic E-state index is 0.00431. The Morgan fingerprint density at radius 1 is 1.05 bits per heavy atom. The van der Waals surface area contributed by atoms with Crippen molar-refractivity contribution < 1.29 is 12.6 Å². The van der Waals surface area contributed by atoms with Crippen LogP contribution in [0.1, 0.15) is 5.69 Å². The largest absolute Gasteiger partial charge is 0.377 e. The van der Waals surface area contributed by atoms with Crippen LogP contribution in [0.3, 0.4) is 0 Å². The number of pyridine rings is 1. The number of halogens is 1. The first kappa shape index (κ1) is 14.8. The molecule has 22 heavy (non-hydrogen) atoms. The Morgan fingerprint density at radius 2 is 1.82 bits per heavy atom. The van der Waals surface area contributed by atoms with Crippen LogP contribution < -0.4 is 4.18 Å². The second-order valence-corrected chi connectivity index (χ2v) is 6.76. The SMILES string of the molecule is Cc1ccc2cccc(OS(=O)(=O)c3cccc(Cl)c3)c2n1. The third-order valence-electron chi connectivity index (χ3n) is 3.11. The Labute approximate surface area is 133 Å². The highest BCUT2D eigenvalue weighted by atomic mass is 35.5. The van der Waals surface area contributed by atoms with Gasteiger partial charge in [-0.3, -0.25) is 0 Å². The Morgan fingerprint density at radius 3 is 2.59 bits per heavy atom. The van der Waals surface area contributed by atoms with E-state index in [1.807, 2.05) is 25.1 Å². The molecule has 3 aromatic rings. The molecule has 0 N–H and O–H groups in total. The molecule has 1 heterocycles. The standard InChI is InChI=1S/C16H12ClNO3S/c1-11-8-9-12-4-2-7-15(16(12)18-11)21-22(19,20)14-6-3-5-13(17)10-14/h2-10H,1H3. The van der Waals surface area contributed by atoms with Crippen LogP contribution in [0.15, 0.2) is 59.5 Å². The van der Waals surface area contributed by atoms with Gasteiger partial charge in [-0.15, -0.1) is 0 Å². The highest BCUT2D eigenvalue weighted by molar-refractivity contribution is 7.87. The molecule has 1 aromatic heterocycles. The topological polar surface area (TPSA) is 56.3 Å². The van der Waals surface area contributed by atoms with Crippen LogP contribution in [0.4, 0.5) is 0 Å². The number of nitrogens with zero attached hydrogens (tertiary/aromatic N) is 1. The van der Waals surface area contributed by atoms with Crippen LogP contribution >= 0.6 is 11.6 Å². The van der Waals surface area contributed by atoms with Crippen molar-refractivity contribution in [2.24, 2.45) is 0 Å². The number of aryl methyl sites for hydroxylation is 1. The van der Waals surface area contributed by atoms with Crippen molar-refractivity contribution in [2.75, 3.05) is 0 Å². The lowest BCUT2D eigenvalue weighted by Gasteiger charge is -2.09. The van der Waals surface area contributed by atoms with Crippen LogP contribution in [0.25, 0.3) is 10.9 Å². The van der Waals surface area contributed by atoms with Gasteiger partial charge in [0, 0.05) is 16.1 Å². The normalized spacial score (nSPS) is 11.5. The molecular formula is C16H12ClNO3S. The van der Waals surface area contributed by atoms with E-state index in [-0.39, 0.29) is 10.6 Å². The molecule has 0 fully saturated rings. The molecule has 0 aliphatic rings. The number of benzene rings is 2. The fraction of sp³-hybridized carbons (Fsp3) is 0.0625. The summed E-state index contributed by atoms with van der Waals surface area (Å²) in [5, 5.41) is 1.14. The summed E-state index contributed by atoms with van der Waals surface area (Å²) in [6.07, 6.45) is 0. The molecule has 0 saturated carbocycles. The summed E-state index contributed by atoms with van der Waals surface area (Å²) in [7, 11) is -3.96. The van der Waals surface area contributed by atoms with Crippen LogP contribution in [0.2, 0.25) is 5.02 Å². The number of fused-ring (bicyclic) bond motifs is 1. The van der Waals surface area contributed by atoms with Gasteiger partial charge in [-0.1, -0.05) is 35.9 Å². The molecule has 0 unspecified atom stereocenters. The molecule has 0 aliphatic heterocycles. The number of para-hydroxylation sites is 1. The first-order valence-corrected chi connectivity index (χ1v) is 8.31. The van der Waals surface area contributed by atoms with E-state index in [1.165, 1.54) is 12.1 Å². The van der Waals surface area contributed by atoms with E-state index in [0.29, 0.717) is 10.5 Å². The lowest BCUT2D eigenvalue weighted by Crippen LogP contribution is -2.10. The van der Waals surface area contributed by atoms with E-state index >= 15 is 0 Å². The predicted molar refractivity (Wildman–Crippen MR) is 85.7 cm³/mol. The molecule has 0 spiro atoms. The Balaban J connectivity index is 2.08. The van der Waals surface area contributed by atoms with Gasteiger partial charge in [0.2, 0.25) is 0 Å². The third-order valence-corrected chi connectivity index (χ3v) is 4.57. The van der Waals surface area contributed by atoms with Gasteiger partial charge >= 0.3 is 10.1 Å². The maximum Gasteiger partial charge on any atom is 0.339 e. The predicted octanol–water partition coefficient (Wildman–Crippen LogP) is 3.96. The van der Waals surface area contributed by atoms with E-state index in [2.05, 4.69) is 4.98 Å². The quantitative estimate of drug-likeness (QED) is 0.681. The fourth-order valence-electron chi connectivity index (χ4n) is 2.07. The summed E-state index contributed by atoms with van der Waals surface area (Å²) in [6, 6.07) is 14.8. The van der Waals surface area contributed by atoms with Crippen molar-refractivity contribution in [1.29, 1.82) is 0 Å². The van der Waals surface area contributed by atoms with Gasteiger partial charge in [0.1, 0.15) is 10.4 Å². The zero-order valence-corrected chi connectivity index (χ0v) is 13.2. The van der Waals surface area contributed by atoms with E-state index in [4.69, 9.17) is 15.8 Å². The van der Waals surface area contributed by atoms with Crippen molar-refractivity contribution in [3.8, 4) is 5.75 Å². The molecule has 3 rings (SSSR count).